The van der Waals surface area contributed by atoms with E-state index in [-0.39, 0.29) is 10.8 Å². The molecule has 100 valence electrons. The van der Waals surface area contributed by atoms with Gasteiger partial charge in [-0.1, -0.05) is 11.3 Å². The Balaban J connectivity index is 2.20. The van der Waals surface area contributed by atoms with E-state index >= 15 is 0 Å². The number of aromatic carboxylic acids is 1. The van der Waals surface area contributed by atoms with Crippen molar-refractivity contribution in [3.8, 4) is 0 Å². The van der Waals surface area contributed by atoms with Crippen LogP contribution in [0.1, 0.15) is 16.1 Å². The van der Waals surface area contributed by atoms with E-state index in [4.69, 9.17) is 9.84 Å². The van der Waals surface area contributed by atoms with E-state index in [0.29, 0.717) is 31.2 Å². The van der Waals surface area contributed by atoms with Crippen molar-refractivity contribution >= 4 is 28.3 Å². The molecule has 0 radical (unpaired) electrons. The molecule has 8 heteroatoms. The topological polar surface area (TPSA) is 101 Å². The van der Waals surface area contributed by atoms with Gasteiger partial charge in [0.05, 0.1) is 12.8 Å². The molecule has 7 nitrogen and oxygen atoms in total. The average Bonchev–Trinajstić information content (AvgIpc) is 2.78. The van der Waals surface area contributed by atoms with Crippen molar-refractivity contribution in [3.63, 3.8) is 0 Å². The van der Waals surface area contributed by atoms with Gasteiger partial charge in [-0.15, -0.1) is 0 Å². The Labute approximate surface area is 108 Å². The summed E-state index contributed by atoms with van der Waals surface area (Å²) in [4.78, 5) is 26.0. The molecule has 0 bridgehead atoms. The second-order valence-electron chi connectivity index (χ2n) is 3.35. The zero-order valence-corrected chi connectivity index (χ0v) is 10.7. The van der Waals surface area contributed by atoms with Crippen molar-refractivity contribution in [3.05, 3.63) is 11.1 Å². The highest BCUT2D eigenvalue weighted by Gasteiger charge is 2.08. The highest BCUT2D eigenvalue weighted by Crippen LogP contribution is 2.17. The minimum atomic E-state index is -1.00. The SMILES string of the molecule is COCCNC(=O)CCNc1ncc(C(=O)O)s1. The van der Waals surface area contributed by atoms with Crippen LogP contribution in [0.3, 0.4) is 0 Å². The van der Waals surface area contributed by atoms with E-state index in [2.05, 4.69) is 15.6 Å². The van der Waals surface area contributed by atoms with Crippen LogP contribution in [0.4, 0.5) is 5.13 Å². The Kier molecular flexibility index (Phi) is 6.09. The van der Waals surface area contributed by atoms with Crippen LogP contribution in [0.25, 0.3) is 0 Å². The maximum absolute atomic E-state index is 11.3. The second kappa shape index (κ2) is 7.62. The molecule has 18 heavy (non-hydrogen) atoms. The number of hydrogen-bond acceptors (Lipinski definition) is 6. The molecule has 0 fully saturated rings. The normalized spacial score (nSPS) is 10.1. The minimum Gasteiger partial charge on any atom is -0.477 e. The molecule has 1 aromatic heterocycles. The Bertz CT molecular complexity index is 408. The molecule has 0 saturated heterocycles. The molecule has 0 saturated carbocycles. The van der Waals surface area contributed by atoms with Crippen molar-refractivity contribution in [2.75, 3.05) is 32.1 Å². The number of carboxylic acids is 1. The number of carbonyl (C=O) groups is 2. The number of anilines is 1. The van der Waals surface area contributed by atoms with Gasteiger partial charge in [-0.3, -0.25) is 4.79 Å². The van der Waals surface area contributed by atoms with Crippen LogP contribution in [0.2, 0.25) is 0 Å². The van der Waals surface area contributed by atoms with Crippen molar-refractivity contribution in [1.29, 1.82) is 0 Å². The fourth-order valence-electron chi connectivity index (χ4n) is 1.12. The number of nitrogens with one attached hydrogen (secondary N) is 2. The fourth-order valence-corrected chi connectivity index (χ4v) is 1.80. The highest BCUT2D eigenvalue weighted by atomic mass is 32.1. The highest BCUT2D eigenvalue weighted by molar-refractivity contribution is 7.17. The Morgan fingerprint density at radius 1 is 1.50 bits per heavy atom. The van der Waals surface area contributed by atoms with E-state index in [1.165, 1.54) is 6.20 Å². The summed E-state index contributed by atoms with van der Waals surface area (Å²) in [5.74, 6) is -1.09. The van der Waals surface area contributed by atoms with Crippen molar-refractivity contribution in [1.82, 2.24) is 10.3 Å². The molecular weight excluding hydrogens is 258 g/mol. The summed E-state index contributed by atoms with van der Waals surface area (Å²) >= 11 is 1.04. The van der Waals surface area contributed by atoms with Gasteiger partial charge in [0.25, 0.3) is 0 Å². The predicted octanol–water partition coefficient (Wildman–Crippen LogP) is 0.406. The van der Waals surface area contributed by atoms with Gasteiger partial charge in [-0.05, 0) is 0 Å². The van der Waals surface area contributed by atoms with Gasteiger partial charge in [0, 0.05) is 26.6 Å². The zero-order chi connectivity index (χ0) is 13.4. The number of rotatable bonds is 8. The summed E-state index contributed by atoms with van der Waals surface area (Å²) in [5.41, 5.74) is 0. The molecule has 0 aliphatic carbocycles. The largest absolute Gasteiger partial charge is 0.477 e. The lowest BCUT2D eigenvalue weighted by molar-refractivity contribution is -0.121. The standard InChI is InChI=1S/C10H15N3O4S/c1-17-5-4-11-8(14)2-3-12-10-13-6-7(18-10)9(15)16/h6H,2-5H2,1H3,(H,11,14)(H,12,13)(H,15,16). The molecule has 0 atom stereocenters. The quantitative estimate of drug-likeness (QED) is 0.593. The van der Waals surface area contributed by atoms with Gasteiger partial charge >= 0.3 is 5.97 Å². The molecule has 3 N–H and O–H groups in total. The lowest BCUT2D eigenvalue weighted by Gasteiger charge is -2.04. The molecule has 1 amide bonds. The monoisotopic (exact) mass is 273 g/mol. The van der Waals surface area contributed by atoms with Crippen LogP contribution in [0.15, 0.2) is 6.20 Å². The summed E-state index contributed by atoms with van der Waals surface area (Å²) in [6.07, 6.45) is 1.58. The first-order valence-electron chi connectivity index (χ1n) is 5.32. The third kappa shape index (κ3) is 5.11. The number of methoxy groups -OCH3 is 1. The second-order valence-corrected chi connectivity index (χ2v) is 4.38. The molecular formula is C10H15N3O4S. The zero-order valence-electron chi connectivity index (χ0n) is 9.93. The van der Waals surface area contributed by atoms with Crippen LogP contribution >= 0.6 is 11.3 Å². The first-order chi connectivity index (χ1) is 8.63. The van der Waals surface area contributed by atoms with E-state index in [1.807, 2.05) is 0 Å². The third-order valence-corrected chi connectivity index (χ3v) is 2.92. The van der Waals surface area contributed by atoms with Crippen LogP contribution in [0, 0.1) is 0 Å². The number of carbonyl (C=O) groups excluding carboxylic acids is 1. The van der Waals surface area contributed by atoms with E-state index in [9.17, 15) is 9.59 Å². The molecule has 0 aromatic carbocycles. The van der Waals surface area contributed by atoms with Crippen LogP contribution in [-0.4, -0.2) is 48.8 Å². The first-order valence-corrected chi connectivity index (χ1v) is 6.13. The summed E-state index contributed by atoms with van der Waals surface area (Å²) < 4.78 is 4.80. The van der Waals surface area contributed by atoms with Gasteiger partial charge in [0.1, 0.15) is 4.88 Å². The van der Waals surface area contributed by atoms with Crippen molar-refractivity contribution in [2.45, 2.75) is 6.42 Å². The summed E-state index contributed by atoms with van der Waals surface area (Å²) in [7, 11) is 1.57. The van der Waals surface area contributed by atoms with Crippen LogP contribution in [0.5, 0.6) is 0 Å². The summed E-state index contributed by atoms with van der Waals surface area (Å²) in [6.45, 7) is 1.37. The number of nitrogens with zero attached hydrogens (tertiary/aromatic N) is 1. The fraction of sp³-hybridized carbons (Fsp3) is 0.500. The van der Waals surface area contributed by atoms with Crippen molar-refractivity contribution in [2.24, 2.45) is 0 Å². The van der Waals surface area contributed by atoms with Gasteiger partial charge in [0.2, 0.25) is 5.91 Å². The van der Waals surface area contributed by atoms with Gasteiger partial charge < -0.3 is 20.5 Å². The molecule has 1 heterocycles. The predicted molar refractivity (Wildman–Crippen MR) is 67.1 cm³/mol. The van der Waals surface area contributed by atoms with Gasteiger partial charge in [0.15, 0.2) is 5.13 Å². The molecule has 1 aromatic rings. The molecule has 0 unspecified atom stereocenters. The third-order valence-electron chi connectivity index (χ3n) is 1.97. The first kappa shape index (κ1) is 14.4. The number of ether oxygens (including phenoxy) is 1. The number of thiazole rings is 1. The lowest BCUT2D eigenvalue weighted by Crippen LogP contribution is -2.28. The maximum Gasteiger partial charge on any atom is 0.347 e. The average molecular weight is 273 g/mol. The van der Waals surface area contributed by atoms with Gasteiger partial charge in [-0.25, -0.2) is 9.78 Å². The summed E-state index contributed by atoms with van der Waals surface area (Å²) in [6, 6.07) is 0. The number of aromatic nitrogens is 1. The van der Waals surface area contributed by atoms with Crippen molar-refractivity contribution < 1.29 is 19.4 Å². The number of amides is 1. The van der Waals surface area contributed by atoms with E-state index in [1.54, 1.807) is 7.11 Å². The smallest absolute Gasteiger partial charge is 0.347 e. The van der Waals surface area contributed by atoms with E-state index in [0.717, 1.165) is 11.3 Å². The molecule has 0 aliphatic heterocycles. The Morgan fingerprint density at radius 3 is 2.89 bits per heavy atom. The Hall–Kier alpha value is -1.67. The number of hydrogen-bond donors (Lipinski definition) is 3. The molecule has 0 aliphatic rings. The van der Waals surface area contributed by atoms with Gasteiger partial charge in [-0.2, -0.15) is 0 Å². The summed E-state index contributed by atoms with van der Waals surface area (Å²) in [5, 5.41) is 14.8. The maximum atomic E-state index is 11.3. The number of carboxylic acid groups (broad SMARTS) is 1. The van der Waals surface area contributed by atoms with E-state index < -0.39 is 5.97 Å². The minimum absolute atomic E-state index is 0.0884. The Morgan fingerprint density at radius 2 is 2.28 bits per heavy atom. The molecule has 1 rings (SSSR count). The van der Waals surface area contributed by atoms with Crippen LogP contribution in [-0.2, 0) is 9.53 Å². The lowest BCUT2D eigenvalue weighted by atomic mass is 10.4. The van der Waals surface area contributed by atoms with Crippen LogP contribution < -0.4 is 10.6 Å². The molecule has 0 spiro atoms.